The molecule has 0 aliphatic carbocycles. The van der Waals surface area contributed by atoms with Crippen LogP contribution in [0.2, 0.25) is 0 Å². The maximum absolute atomic E-state index is 12.4. The van der Waals surface area contributed by atoms with Gasteiger partial charge in [0.05, 0.1) is 12.7 Å². The molecule has 1 unspecified atom stereocenters. The molecule has 0 radical (unpaired) electrons. The number of allylic oxidation sites excluding steroid dienone is 1. The number of likely N-dealkylation sites (tertiary alicyclic amines) is 1. The van der Waals surface area contributed by atoms with Gasteiger partial charge in [0.15, 0.2) is 0 Å². The monoisotopic (exact) mass is 370 g/mol. The summed E-state index contributed by atoms with van der Waals surface area (Å²) < 4.78 is 41.3. The van der Waals surface area contributed by atoms with Crippen LogP contribution in [0.25, 0.3) is 0 Å². The summed E-state index contributed by atoms with van der Waals surface area (Å²) >= 11 is 0. The lowest BCUT2D eigenvalue weighted by Crippen LogP contribution is -2.36. The third kappa shape index (κ3) is 4.84. The van der Waals surface area contributed by atoms with Crippen LogP contribution in [0.15, 0.2) is 36.5 Å². The van der Waals surface area contributed by atoms with E-state index < -0.39 is 29.9 Å². The fourth-order valence-electron chi connectivity index (χ4n) is 2.54. The molecule has 1 aromatic rings. The average molecular weight is 370 g/mol. The number of halogens is 3. The summed E-state index contributed by atoms with van der Waals surface area (Å²) in [7, 11) is 1.25. The lowest BCUT2D eigenvalue weighted by Gasteiger charge is -2.22. The van der Waals surface area contributed by atoms with Gasteiger partial charge in [-0.25, -0.2) is 4.79 Å². The highest BCUT2D eigenvalue weighted by molar-refractivity contribution is 5.97. The highest BCUT2D eigenvalue weighted by Crippen LogP contribution is 2.21. The van der Waals surface area contributed by atoms with Crippen LogP contribution in [0.4, 0.5) is 18.9 Å². The fraction of sp³-hybridized carbons (Fsp3) is 0.353. The predicted molar refractivity (Wildman–Crippen MR) is 86.3 cm³/mol. The molecule has 1 saturated heterocycles. The number of hydrogen-bond acceptors (Lipinski definition) is 5. The molecule has 9 heteroatoms. The van der Waals surface area contributed by atoms with Gasteiger partial charge in [0, 0.05) is 24.5 Å². The molecule has 26 heavy (non-hydrogen) atoms. The van der Waals surface area contributed by atoms with Gasteiger partial charge >= 0.3 is 12.1 Å². The van der Waals surface area contributed by atoms with Gasteiger partial charge in [0.2, 0.25) is 5.91 Å². The van der Waals surface area contributed by atoms with Crippen LogP contribution in [-0.4, -0.2) is 48.4 Å². The Hall–Kier alpha value is -2.84. The highest BCUT2D eigenvalue weighted by atomic mass is 19.4. The minimum atomic E-state index is -4.94. The van der Waals surface area contributed by atoms with E-state index in [9.17, 15) is 27.6 Å². The zero-order valence-corrected chi connectivity index (χ0v) is 13.9. The first-order chi connectivity index (χ1) is 12.2. The van der Waals surface area contributed by atoms with E-state index in [0.717, 1.165) is 6.20 Å². The van der Waals surface area contributed by atoms with Gasteiger partial charge in [-0.3, -0.25) is 9.59 Å². The number of nitrogens with one attached hydrogen (secondary N) is 1. The van der Waals surface area contributed by atoms with Crippen LogP contribution < -0.4 is 5.32 Å². The van der Waals surface area contributed by atoms with E-state index in [-0.39, 0.29) is 0 Å². The smallest absolute Gasteiger partial charge is 0.454 e. The summed E-state index contributed by atoms with van der Waals surface area (Å²) in [6.07, 6.45) is -2.43. The number of amides is 1. The van der Waals surface area contributed by atoms with Gasteiger partial charge < -0.3 is 15.0 Å². The SMILES string of the molecule is COC(=O)c1ccc(NC(=O)C2CCCN2/C=C/C(=O)C(F)(F)F)cc1. The molecular weight excluding hydrogens is 353 g/mol. The van der Waals surface area contributed by atoms with E-state index >= 15 is 0 Å². The summed E-state index contributed by atoms with van der Waals surface area (Å²) in [4.78, 5) is 36.0. The van der Waals surface area contributed by atoms with Crippen molar-refractivity contribution in [3.63, 3.8) is 0 Å². The second kappa shape index (κ2) is 8.03. The molecule has 1 amide bonds. The molecule has 1 fully saturated rings. The number of carbonyl (C=O) groups excluding carboxylic acids is 3. The average Bonchev–Trinajstić information content (AvgIpc) is 3.07. The number of methoxy groups -OCH3 is 1. The Morgan fingerprint density at radius 1 is 1.23 bits per heavy atom. The van der Waals surface area contributed by atoms with Crippen molar-refractivity contribution >= 4 is 23.3 Å². The molecule has 1 aromatic carbocycles. The second-order valence-corrected chi connectivity index (χ2v) is 5.63. The predicted octanol–water partition coefficient (Wildman–Crippen LogP) is 2.52. The minimum Gasteiger partial charge on any atom is -0.465 e. The highest BCUT2D eigenvalue weighted by Gasteiger charge is 2.37. The van der Waals surface area contributed by atoms with Gasteiger partial charge in [-0.1, -0.05) is 0 Å². The molecule has 1 aliphatic rings. The lowest BCUT2D eigenvalue weighted by molar-refractivity contribution is -0.165. The molecule has 0 aromatic heterocycles. The van der Waals surface area contributed by atoms with Crippen molar-refractivity contribution in [2.75, 3.05) is 19.0 Å². The zero-order chi connectivity index (χ0) is 19.3. The molecule has 1 aliphatic heterocycles. The van der Waals surface area contributed by atoms with Gasteiger partial charge in [0.1, 0.15) is 6.04 Å². The zero-order valence-electron chi connectivity index (χ0n) is 13.9. The molecule has 1 atom stereocenters. The standard InChI is InChI=1S/C17H17F3N2O4/c1-26-16(25)11-4-6-12(7-5-11)21-15(24)13-3-2-9-22(13)10-8-14(23)17(18,19)20/h4-8,10,13H,2-3,9H2,1H3,(H,21,24)/b10-8+. The van der Waals surface area contributed by atoms with Gasteiger partial charge in [-0.2, -0.15) is 13.2 Å². The molecule has 0 bridgehead atoms. The van der Waals surface area contributed by atoms with Crippen LogP contribution in [0.3, 0.4) is 0 Å². The van der Waals surface area contributed by atoms with E-state index in [2.05, 4.69) is 10.1 Å². The number of hydrogen-bond donors (Lipinski definition) is 1. The number of rotatable bonds is 5. The number of anilines is 1. The Labute approximate surface area is 147 Å². The maximum atomic E-state index is 12.4. The van der Waals surface area contributed by atoms with Gasteiger partial charge in [-0.05, 0) is 37.1 Å². The topological polar surface area (TPSA) is 75.7 Å². The summed E-state index contributed by atoms with van der Waals surface area (Å²) in [6.45, 7) is 0.376. The van der Waals surface area contributed by atoms with E-state index in [4.69, 9.17) is 0 Å². The van der Waals surface area contributed by atoms with E-state index in [1.807, 2.05) is 0 Å². The van der Waals surface area contributed by atoms with Gasteiger partial charge in [-0.15, -0.1) is 0 Å². The molecule has 0 spiro atoms. The molecule has 1 N–H and O–H groups in total. The third-order valence-electron chi connectivity index (χ3n) is 3.87. The minimum absolute atomic E-state index is 0.321. The van der Waals surface area contributed by atoms with Crippen LogP contribution in [0.1, 0.15) is 23.2 Å². The number of nitrogens with zero attached hydrogens (tertiary/aromatic N) is 1. The molecule has 140 valence electrons. The van der Waals surface area contributed by atoms with Crippen LogP contribution >= 0.6 is 0 Å². The van der Waals surface area contributed by atoms with Crippen molar-refractivity contribution in [2.24, 2.45) is 0 Å². The first-order valence-electron chi connectivity index (χ1n) is 7.76. The first kappa shape index (κ1) is 19.5. The number of benzene rings is 1. The Balaban J connectivity index is 2.00. The van der Waals surface area contributed by atoms with Crippen molar-refractivity contribution in [2.45, 2.75) is 25.1 Å². The first-order valence-corrected chi connectivity index (χ1v) is 7.76. The summed E-state index contributed by atoms with van der Waals surface area (Å²) in [6, 6.07) is 5.33. The fourth-order valence-corrected chi connectivity index (χ4v) is 2.54. The molecular formula is C17H17F3N2O4. The molecule has 6 nitrogen and oxygen atoms in total. The van der Waals surface area contributed by atoms with Gasteiger partial charge in [0.25, 0.3) is 5.78 Å². The summed E-state index contributed by atoms with van der Waals surface area (Å²) in [5, 5.41) is 2.64. The Morgan fingerprint density at radius 2 is 1.88 bits per heavy atom. The van der Waals surface area contributed by atoms with Crippen LogP contribution in [-0.2, 0) is 14.3 Å². The molecule has 0 saturated carbocycles. The largest absolute Gasteiger partial charge is 0.465 e. The van der Waals surface area contributed by atoms with Crippen molar-refractivity contribution in [3.05, 3.63) is 42.1 Å². The number of carbonyl (C=O) groups is 3. The van der Waals surface area contributed by atoms with Crippen molar-refractivity contribution in [3.8, 4) is 0 Å². The second-order valence-electron chi connectivity index (χ2n) is 5.63. The van der Waals surface area contributed by atoms with Crippen molar-refractivity contribution in [1.82, 2.24) is 4.90 Å². The third-order valence-corrected chi connectivity index (χ3v) is 3.87. The van der Waals surface area contributed by atoms with Crippen molar-refractivity contribution < 1.29 is 32.3 Å². The number of ether oxygens (including phenoxy) is 1. The number of alkyl halides is 3. The normalized spacial score (nSPS) is 17.4. The van der Waals surface area contributed by atoms with Crippen LogP contribution in [0.5, 0.6) is 0 Å². The lowest BCUT2D eigenvalue weighted by atomic mass is 10.1. The van der Waals surface area contributed by atoms with Crippen LogP contribution in [0, 0.1) is 0 Å². The summed E-state index contributed by atoms with van der Waals surface area (Å²) in [5.74, 6) is -2.89. The number of ketones is 1. The van der Waals surface area contributed by atoms with E-state index in [1.54, 1.807) is 0 Å². The Kier molecular flexibility index (Phi) is 6.01. The maximum Gasteiger partial charge on any atom is 0.454 e. The Bertz CT molecular complexity index is 714. The van der Waals surface area contributed by atoms with E-state index in [0.29, 0.717) is 36.7 Å². The molecule has 1 heterocycles. The number of esters is 1. The molecule has 2 rings (SSSR count). The van der Waals surface area contributed by atoms with E-state index in [1.165, 1.54) is 36.3 Å². The Morgan fingerprint density at radius 3 is 2.46 bits per heavy atom. The summed E-state index contributed by atoms with van der Waals surface area (Å²) in [5.41, 5.74) is 0.756. The quantitative estimate of drug-likeness (QED) is 0.637. The van der Waals surface area contributed by atoms with Crippen molar-refractivity contribution in [1.29, 1.82) is 0 Å².